The average molecular weight is 411 g/mol. The fourth-order valence-electron chi connectivity index (χ4n) is 3.43. The molecule has 1 aliphatic heterocycles. The first kappa shape index (κ1) is 22.9. The quantitative estimate of drug-likeness (QED) is 0.685. The van der Waals surface area contributed by atoms with Crippen LogP contribution in [-0.2, 0) is 0 Å². The van der Waals surface area contributed by atoms with Gasteiger partial charge < -0.3 is 4.74 Å². The first-order valence-electron chi connectivity index (χ1n) is 9.92. The van der Waals surface area contributed by atoms with Crippen molar-refractivity contribution in [1.82, 2.24) is 15.4 Å². The lowest BCUT2D eigenvalue weighted by Crippen LogP contribution is -2.40. The third kappa shape index (κ3) is 6.32. The van der Waals surface area contributed by atoms with Gasteiger partial charge in [0.1, 0.15) is 24.6 Å². The molecule has 0 amide bonds. The Kier molecular flexibility index (Phi) is 8.25. The number of hydrogen-bond acceptors (Lipinski definition) is 5. The van der Waals surface area contributed by atoms with Crippen LogP contribution in [0.4, 0.5) is 13.2 Å². The van der Waals surface area contributed by atoms with Gasteiger partial charge >= 0.3 is 6.18 Å². The number of nitrogens with one attached hydrogen (secondary N) is 1. The number of aryl methyl sites for hydroxylation is 1. The first-order valence-corrected chi connectivity index (χ1v) is 9.92. The van der Waals surface area contributed by atoms with Gasteiger partial charge in [-0.05, 0) is 62.0 Å². The van der Waals surface area contributed by atoms with Crippen molar-refractivity contribution in [3.05, 3.63) is 46.4 Å². The summed E-state index contributed by atoms with van der Waals surface area (Å²) < 4.78 is 44.3. The molecule has 0 spiro atoms. The smallest absolute Gasteiger partial charge is 0.407 e. The summed E-state index contributed by atoms with van der Waals surface area (Å²) in [5, 5.41) is 1.17. The molecule has 29 heavy (non-hydrogen) atoms. The predicted molar refractivity (Wildman–Crippen MR) is 106 cm³/mol. The van der Waals surface area contributed by atoms with Gasteiger partial charge in [0.15, 0.2) is 6.29 Å². The Morgan fingerprint density at radius 1 is 1.24 bits per heavy atom. The highest BCUT2D eigenvalue weighted by Gasteiger charge is 2.34. The van der Waals surface area contributed by atoms with E-state index in [1.807, 2.05) is 13.8 Å². The summed E-state index contributed by atoms with van der Waals surface area (Å²) in [6.45, 7) is 5.36. The van der Waals surface area contributed by atoms with Crippen molar-refractivity contribution in [3.8, 4) is 5.75 Å². The van der Waals surface area contributed by atoms with Crippen molar-refractivity contribution in [3.63, 3.8) is 0 Å². The van der Waals surface area contributed by atoms with Crippen molar-refractivity contribution >= 4 is 6.29 Å². The number of halogens is 3. The lowest BCUT2D eigenvalue weighted by Gasteiger charge is -2.29. The lowest BCUT2D eigenvalue weighted by atomic mass is 9.90. The molecule has 0 saturated heterocycles. The average Bonchev–Trinajstić information content (AvgIpc) is 3.14. The number of carbonyl (C=O) groups excluding carboxylic acids is 1. The van der Waals surface area contributed by atoms with E-state index in [1.54, 1.807) is 25.1 Å². The number of hydrazine groups is 1. The number of carbonyl (C=O) groups is 1. The summed E-state index contributed by atoms with van der Waals surface area (Å²) in [6.07, 6.45) is 1.53. The van der Waals surface area contributed by atoms with Crippen LogP contribution in [0.3, 0.4) is 0 Å². The van der Waals surface area contributed by atoms with E-state index < -0.39 is 12.7 Å². The molecule has 2 aliphatic rings. The number of pyridine rings is 1. The van der Waals surface area contributed by atoms with Gasteiger partial charge in [-0.1, -0.05) is 13.8 Å². The van der Waals surface area contributed by atoms with Crippen molar-refractivity contribution in [2.75, 3.05) is 19.7 Å². The Labute approximate surface area is 169 Å². The number of aldehydes is 1. The van der Waals surface area contributed by atoms with Crippen LogP contribution in [0.2, 0.25) is 0 Å². The maximum Gasteiger partial charge on any atom is 0.407 e. The zero-order valence-electron chi connectivity index (χ0n) is 17.1. The predicted octanol–water partition coefficient (Wildman–Crippen LogP) is 4.74. The number of nitrogens with zero attached hydrogens (tertiary/aromatic N) is 2. The van der Waals surface area contributed by atoms with Gasteiger partial charge in [0.05, 0.1) is 5.70 Å². The largest absolute Gasteiger partial charge is 0.487 e. The summed E-state index contributed by atoms with van der Waals surface area (Å²) in [5.41, 5.74) is 6.18. The summed E-state index contributed by atoms with van der Waals surface area (Å²) in [4.78, 5) is 15.3. The van der Waals surface area contributed by atoms with Crippen LogP contribution in [0.25, 0.3) is 0 Å². The zero-order valence-corrected chi connectivity index (χ0v) is 17.1. The highest BCUT2D eigenvalue weighted by Crippen LogP contribution is 2.34. The van der Waals surface area contributed by atoms with Crippen molar-refractivity contribution < 1.29 is 22.7 Å². The number of alkyl halides is 3. The van der Waals surface area contributed by atoms with Crippen LogP contribution in [0.5, 0.6) is 5.75 Å². The van der Waals surface area contributed by atoms with Crippen LogP contribution in [0.1, 0.15) is 55.7 Å². The van der Waals surface area contributed by atoms with Gasteiger partial charge in [0.2, 0.25) is 0 Å². The second kappa shape index (κ2) is 10.4. The summed E-state index contributed by atoms with van der Waals surface area (Å²) in [6, 6.07) is 3.45. The molecule has 0 aromatic carbocycles. The third-order valence-corrected chi connectivity index (χ3v) is 4.64. The van der Waals surface area contributed by atoms with Crippen LogP contribution in [0.15, 0.2) is 35.1 Å². The van der Waals surface area contributed by atoms with Crippen molar-refractivity contribution in [1.29, 1.82) is 0 Å². The molecule has 5 nitrogen and oxygen atoms in total. The summed E-state index contributed by atoms with van der Waals surface area (Å²) in [7, 11) is 0. The highest BCUT2D eigenvalue weighted by atomic mass is 19.4. The lowest BCUT2D eigenvalue weighted by molar-refractivity contribution is -0.145. The molecule has 2 heterocycles. The molecule has 160 valence electrons. The molecule has 1 aliphatic carbocycles. The van der Waals surface area contributed by atoms with Crippen LogP contribution >= 0.6 is 0 Å². The van der Waals surface area contributed by atoms with Gasteiger partial charge in [-0.2, -0.15) is 13.2 Å². The fourth-order valence-corrected chi connectivity index (χ4v) is 3.43. The fraction of sp³-hybridized carbons (Fsp3) is 0.524. The number of rotatable bonds is 6. The van der Waals surface area contributed by atoms with E-state index in [9.17, 15) is 18.0 Å². The molecule has 1 aromatic rings. The molecule has 0 atom stereocenters. The summed E-state index contributed by atoms with van der Waals surface area (Å²) >= 11 is 0. The molecule has 0 bridgehead atoms. The maximum absolute atomic E-state index is 12.8. The normalized spacial score (nSPS) is 16.9. The van der Waals surface area contributed by atoms with Gasteiger partial charge in [0.25, 0.3) is 0 Å². The van der Waals surface area contributed by atoms with E-state index >= 15 is 0 Å². The van der Waals surface area contributed by atoms with Gasteiger partial charge in [-0.3, -0.25) is 9.80 Å². The molecular weight excluding hydrogens is 383 g/mol. The Hall–Kier alpha value is -2.35. The van der Waals surface area contributed by atoms with E-state index in [0.29, 0.717) is 36.4 Å². The summed E-state index contributed by atoms with van der Waals surface area (Å²) in [5.74, 6) is 0.388. The second-order valence-electron chi connectivity index (χ2n) is 6.68. The number of hydrogen-bond donors (Lipinski definition) is 1. The molecule has 0 saturated carbocycles. The van der Waals surface area contributed by atoms with Crippen molar-refractivity contribution in [2.24, 2.45) is 0 Å². The van der Waals surface area contributed by atoms with E-state index in [0.717, 1.165) is 30.4 Å². The Bertz CT molecular complexity index is 773. The van der Waals surface area contributed by atoms with Gasteiger partial charge in [0, 0.05) is 12.2 Å². The monoisotopic (exact) mass is 411 g/mol. The number of ether oxygens (including phenoxy) is 1. The molecule has 1 N–H and O–H groups in total. The molecule has 0 fully saturated rings. The molecule has 3 rings (SSSR count). The van der Waals surface area contributed by atoms with Gasteiger partial charge in [-0.25, -0.2) is 10.4 Å². The topological polar surface area (TPSA) is 54.5 Å². The highest BCUT2D eigenvalue weighted by molar-refractivity contribution is 5.76. The van der Waals surface area contributed by atoms with Gasteiger partial charge in [-0.15, -0.1) is 0 Å². The van der Waals surface area contributed by atoms with E-state index in [4.69, 9.17) is 4.74 Å². The Balaban J connectivity index is 0.00000145. The molecule has 1 aromatic heterocycles. The van der Waals surface area contributed by atoms with Crippen LogP contribution in [-0.4, -0.2) is 42.2 Å². The molecule has 0 unspecified atom stereocenters. The zero-order chi connectivity index (χ0) is 21.4. The SMILES string of the molecule is CC.Cc1ccc(OCC2=C(C3=CCNN3CC(F)(F)F)CCCC2)c(C=O)n1. The molecular formula is C21H28F3N3O2. The van der Waals surface area contributed by atoms with Crippen LogP contribution < -0.4 is 10.2 Å². The third-order valence-electron chi connectivity index (χ3n) is 4.64. The minimum atomic E-state index is -4.28. The maximum atomic E-state index is 12.8. The van der Waals surface area contributed by atoms with E-state index in [1.165, 1.54) is 5.01 Å². The van der Waals surface area contributed by atoms with E-state index in [-0.39, 0.29) is 12.3 Å². The van der Waals surface area contributed by atoms with Crippen molar-refractivity contribution in [2.45, 2.75) is 52.6 Å². The van der Waals surface area contributed by atoms with E-state index in [2.05, 4.69) is 10.4 Å². The molecule has 0 radical (unpaired) electrons. The Morgan fingerprint density at radius 2 is 1.97 bits per heavy atom. The molecule has 8 heteroatoms. The van der Waals surface area contributed by atoms with Crippen LogP contribution in [0, 0.1) is 6.92 Å². The Morgan fingerprint density at radius 3 is 2.66 bits per heavy atom. The number of aromatic nitrogens is 1. The minimum absolute atomic E-state index is 0.230. The number of allylic oxidation sites excluding steroid dienone is 1. The standard InChI is InChI=1S/C19H22F3N3O2.C2H6/c1-13-6-7-18(16(10-26)24-13)27-11-14-4-2-3-5-15(14)17-8-9-23-25(17)12-19(20,21)22;1-2/h6-8,10,23H,2-5,9,11-12H2,1H3;1-2H3. The minimum Gasteiger partial charge on any atom is -0.487 e. The second-order valence-corrected chi connectivity index (χ2v) is 6.68. The first-order chi connectivity index (χ1) is 13.9.